The molecule has 0 aliphatic heterocycles. The Balaban J connectivity index is 1.89. The van der Waals surface area contributed by atoms with E-state index in [4.69, 9.17) is 5.11 Å². The monoisotopic (exact) mass is 192 g/mol. The minimum absolute atomic E-state index is 0.200. The zero-order valence-corrected chi connectivity index (χ0v) is 8.32. The first-order chi connectivity index (χ1) is 6.88. The van der Waals surface area contributed by atoms with Crippen LogP contribution >= 0.6 is 0 Å². The van der Waals surface area contributed by atoms with E-state index in [-0.39, 0.29) is 6.61 Å². The molecule has 2 saturated carbocycles. The van der Waals surface area contributed by atoms with Gasteiger partial charge in [0.05, 0.1) is 18.8 Å². The average Bonchev–Trinajstić information content (AvgIpc) is 3.07. The van der Waals surface area contributed by atoms with E-state index in [2.05, 4.69) is 11.2 Å². The normalized spacial score (nSPS) is 21.5. The standard InChI is InChI=1S/C11H16N2O/c14-6-5-13-11(9-3-4-9)7-10(12-13)8-1-2-8/h7-9,14H,1-6H2. The lowest BCUT2D eigenvalue weighted by Crippen LogP contribution is -2.07. The van der Waals surface area contributed by atoms with Crippen molar-refractivity contribution in [1.82, 2.24) is 9.78 Å². The number of aliphatic hydroxyl groups is 1. The van der Waals surface area contributed by atoms with Crippen molar-refractivity contribution in [2.24, 2.45) is 0 Å². The van der Waals surface area contributed by atoms with Crippen LogP contribution in [0.4, 0.5) is 0 Å². The fourth-order valence-corrected chi connectivity index (χ4v) is 2.01. The van der Waals surface area contributed by atoms with Gasteiger partial charge in [0, 0.05) is 17.5 Å². The minimum atomic E-state index is 0.200. The van der Waals surface area contributed by atoms with Gasteiger partial charge >= 0.3 is 0 Å². The molecule has 3 nitrogen and oxygen atoms in total. The topological polar surface area (TPSA) is 38.0 Å². The van der Waals surface area contributed by atoms with Crippen LogP contribution in [0, 0.1) is 0 Å². The first-order valence-electron chi connectivity index (χ1n) is 5.57. The van der Waals surface area contributed by atoms with Gasteiger partial charge in [-0.05, 0) is 31.7 Å². The molecule has 0 saturated heterocycles. The summed E-state index contributed by atoms with van der Waals surface area (Å²) in [6.45, 7) is 0.865. The molecule has 3 heteroatoms. The maximum absolute atomic E-state index is 8.95. The van der Waals surface area contributed by atoms with E-state index in [1.807, 2.05) is 4.68 Å². The van der Waals surface area contributed by atoms with Gasteiger partial charge in [-0.1, -0.05) is 0 Å². The van der Waals surface area contributed by atoms with Gasteiger partial charge in [-0.25, -0.2) is 0 Å². The lowest BCUT2D eigenvalue weighted by Gasteiger charge is -2.02. The molecule has 2 aliphatic carbocycles. The predicted molar refractivity (Wildman–Crippen MR) is 53.3 cm³/mol. The quantitative estimate of drug-likeness (QED) is 0.787. The Labute approximate surface area is 83.7 Å². The van der Waals surface area contributed by atoms with Gasteiger partial charge in [0.25, 0.3) is 0 Å². The number of aromatic nitrogens is 2. The lowest BCUT2D eigenvalue weighted by atomic mass is 10.2. The van der Waals surface area contributed by atoms with E-state index < -0.39 is 0 Å². The van der Waals surface area contributed by atoms with E-state index in [1.165, 1.54) is 37.1 Å². The molecule has 0 unspecified atom stereocenters. The molecule has 14 heavy (non-hydrogen) atoms. The zero-order chi connectivity index (χ0) is 9.54. The summed E-state index contributed by atoms with van der Waals surface area (Å²) in [5.41, 5.74) is 2.63. The molecular formula is C11H16N2O. The highest BCUT2D eigenvalue weighted by atomic mass is 16.3. The predicted octanol–water partition coefficient (Wildman–Crippen LogP) is 1.63. The van der Waals surface area contributed by atoms with Gasteiger partial charge in [-0.15, -0.1) is 0 Å². The van der Waals surface area contributed by atoms with E-state index >= 15 is 0 Å². The van der Waals surface area contributed by atoms with Crippen LogP contribution in [0.25, 0.3) is 0 Å². The second-order valence-corrected chi connectivity index (χ2v) is 4.49. The van der Waals surface area contributed by atoms with Crippen LogP contribution in [0.1, 0.15) is 48.9 Å². The van der Waals surface area contributed by atoms with Crippen LogP contribution in [-0.4, -0.2) is 21.5 Å². The van der Waals surface area contributed by atoms with Crippen LogP contribution in [0.5, 0.6) is 0 Å². The van der Waals surface area contributed by atoms with Crippen molar-refractivity contribution < 1.29 is 5.11 Å². The minimum Gasteiger partial charge on any atom is -0.394 e. The maximum Gasteiger partial charge on any atom is 0.0658 e. The molecule has 1 aromatic rings. The summed E-state index contributed by atoms with van der Waals surface area (Å²) >= 11 is 0. The fourth-order valence-electron chi connectivity index (χ4n) is 2.01. The van der Waals surface area contributed by atoms with E-state index in [9.17, 15) is 0 Å². The van der Waals surface area contributed by atoms with Crippen molar-refractivity contribution in [1.29, 1.82) is 0 Å². The zero-order valence-electron chi connectivity index (χ0n) is 8.32. The van der Waals surface area contributed by atoms with Crippen LogP contribution in [0.2, 0.25) is 0 Å². The molecule has 0 bridgehead atoms. The van der Waals surface area contributed by atoms with Gasteiger partial charge in [-0.2, -0.15) is 5.10 Å². The molecular weight excluding hydrogens is 176 g/mol. The first-order valence-corrected chi connectivity index (χ1v) is 5.57. The molecule has 0 atom stereocenters. The van der Waals surface area contributed by atoms with Gasteiger partial charge < -0.3 is 5.11 Å². The summed E-state index contributed by atoms with van der Waals surface area (Å²) in [5.74, 6) is 1.47. The number of nitrogens with zero attached hydrogens (tertiary/aromatic N) is 2. The van der Waals surface area contributed by atoms with E-state index in [1.54, 1.807) is 0 Å². The third kappa shape index (κ3) is 1.46. The van der Waals surface area contributed by atoms with Crippen molar-refractivity contribution in [2.75, 3.05) is 6.61 Å². The molecule has 3 rings (SSSR count). The van der Waals surface area contributed by atoms with Crippen molar-refractivity contribution in [3.8, 4) is 0 Å². The first kappa shape index (κ1) is 8.48. The maximum atomic E-state index is 8.95. The second-order valence-electron chi connectivity index (χ2n) is 4.49. The Morgan fingerprint density at radius 2 is 2.00 bits per heavy atom. The molecule has 2 aliphatic rings. The molecule has 1 heterocycles. The Morgan fingerprint density at radius 1 is 1.29 bits per heavy atom. The van der Waals surface area contributed by atoms with E-state index in [0.717, 1.165) is 11.8 Å². The molecule has 2 fully saturated rings. The molecule has 0 radical (unpaired) electrons. The summed E-state index contributed by atoms with van der Waals surface area (Å²) in [5, 5.41) is 13.5. The third-order valence-corrected chi connectivity index (χ3v) is 3.13. The van der Waals surface area contributed by atoms with Crippen LogP contribution in [-0.2, 0) is 6.54 Å². The Hall–Kier alpha value is -0.830. The Kier molecular flexibility index (Phi) is 1.87. The second kappa shape index (κ2) is 3.09. The summed E-state index contributed by atoms with van der Waals surface area (Å²) in [4.78, 5) is 0. The van der Waals surface area contributed by atoms with Gasteiger partial charge in [-0.3, -0.25) is 4.68 Å². The summed E-state index contributed by atoms with van der Waals surface area (Å²) in [6.07, 6.45) is 5.23. The molecule has 1 aromatic heterocycles. The van der Waals surface area contributed by atoms with Crippen LogP contribution < -0.4 is 0 Å². The summed E-state index contributed by atoms with van der Waals surface area (Å²) < 4.78 is 2.02. The lowest BCUT2D eigenvalue weighted by molar-refractivity contribution is 0.267. The summed E-state index contributed by atoms with van der Waals surface area (Å²) in [6, 6.07) is 2.27. The molecule has 0 amide bonds. The smallest absolute Gasteiger partial charge is 0.0658 e. The highest BCUT2D eigenvalue weighted by Crippen LogP contribution is 2.44. The number of rotatable bonds is 4. The summed E-state index contributed by atoms with van der Waals surface area (Å²) in [7, 11) is 0. The number of aliphatic hydroxyl groups excluding tert-OH is 1. The molecule has 76 valence electrons. The van der Waals surface area contributed by atoms with Gasteiger partial charge in [0.15, 0.2) is 0 Å². The average molecular weight is 192 g/mol. The van der Waals surface area contributed by atoms with Crippen LogP contribution in [0.3, 0.4) is 0 Å². The number of hydrogen-bond donors (Lipinski definition) is 1. The largest absolute Gasteiger partial charge is 0.394 e. The SMILES string of the molecule is OCCn1nc(C2CC2)cc1C1CC1. The van der Waals surface area contributed by atoms with Gasteiger partial charge in [0.1, 0.15) is 0 Å². The van der Waals surface area contributed by atoms with Gasteiger partial charge in [0.2, 0.25) is 0 Å². The number of hydrogen-bond acceptors (Lipinski definition) is 2. The van der Waals surface area contributed by atoms with Crippen molar-refractivity contribution in [2.45, 2.75) is 44.1 Å². The third-order valence-electron chi connectivity index (χ3n) is 3.13. The highest BCUT2D eigenvalue weighted by Gasteiger charge is 2.32. The van der Waals surface area contributed by atoms with Crippen molar-refractivity contribution >= 4 is 0 Å². The van der Waals surface area contributed by atoms with E-state index in [0.29, 0.717) is 6.54 Å². The Morgan fingerprint density at radius 3 is 2.57 bits per heavy atom. The fraction of sp³-hybridized carbons (Fsp3) is 0.727. The Bertz CT molecular complexity index is 337. The van der Waals surface area contributed by atoms with Crippen LogP contribution in [0.15, 0.2) is 6.07 Å². The molecule has 0 spiro atoms. The molecule has 0 aromatic carbocycles. The van der Waals surface area contributed by atoms with Crippen molar-refractivity contribution in [3.05, 3.63) is 17.5 Å². The highest BCUT2D eigenvalue weighted by molar-refractivity contribution is 5.24. The van der Waals surface area contributed by atoms with Crippen molar-refractivity contribution in [3.63, 3.8) is 0 Å². The molecule has 1 N–H and O–H groups in total.